The Morgan fingerprint density at radius 2 is 1.79 bits per heavy atom. The van der Waals surface area contributed by atoms with Crippen LogP contribution in [0.5, 0.6) is 5.75 Å². The highest BCUT2D eigenvalue weighted by Gasteiger charge is 2.45. The standard InChI is InChI=1S/C24H32N2O3/c27-22(25-19-9-10-19)15-18-16-24(29-21-8-4-3-7-20(18)21)11-13-26(14-12-24)23(28)17-5-1-2-6-17/h3-4,7-8,17-19H,1-2,5-6,9-16H2,(H,25,27). The molecule has 1 N–H and O–H groups in total. The highest BCUT2D eigenvalue weighted by Crippen LogP contribution is 2.46. The lowest BCUT2D eigenvalue weighted by molar-refractivity contribution is -0.139. The van der Waals surface area contributed by atoms with Crippen molar-refractivity contribution in [3.8, 4) is 5.75 Å². The predicted molar refractivity (Wildman–Crippen MR) is 111 cm³/mol. The van der Waals surface area contributed by atoms with Crippen LogP contribution in [0.4, 0.5) is 0 Å². The number of piperidine rings is 1. The Hall–Kier alpha value is -2.04. The molecule has 0 bridgehead atoms. The fourth-order valence-electron chi connectivity index (χ4n) is 5.54. The molecule has 5 heteroatoms. The summed E-state index contributed by atoms with van der Waals surface area (Å²) in [6, 6.07) is 8.59. The van der Waals surface area contributed by atoms with Gasteiger partial charge in [0.25, 0.3) is 0 Å². The Morgan fingerprint density at radius 3 is 2.52 bits per heavy atom. The van der Waals surface area contributed by atoms with E-state index in [0.29, 0.717) is 18.4 Å². The Morgan fingerprint density at radius 1 is 1.07 bits per heavy atom. The minimum Gasteiger partial charge on any atom is -0.487 e. The second-order valence-electron chi connectivity index (χ2n) is 9.58. The molecule has 0 aromatic heterocycles. The van der Waals surface area contributed by atoms with Gasteiger partial charge in [0.15, 0.2) is 0 Å². The number of amides is 2. The lowest BCUT2D eigenvalue weighted by atomic mass is 9.76. The Balaban J connectivity index is 1.28. The van der Waals surface area contributed by atoms with Crippen LogP contribution < -0.4 is 10.1 Å². The number of nitrogens with zero attached hydrogens (tertiary/aromatic N) is 1. The van der Waals surface area contributed by atoms with Crippen LogP contribution >= 0.6 is 0 Å². The van der Waals surface area contributed by atoms with Gasteiger partial charge >= 0.3 is 0 Å². The van der Waals surface area contributed by atoms with Crippen molar-refractivity contribution in [2.75, 3.05) is 13.1 Å². The van der Waals surface area contributed by atoms with E-state index in [2.05, 4.69) is 16.3 Å². The number of hydrogen-bond acceptors (Lipinski definition) is 3. The third-order valence-electron chi connectivity index (χ3n) is 7.37. The number of nitrogens with one attached hydrogen (secondary N) is 1. The van der Waals surface area contributed by atoms with Gasteiger partial charge in [-0.05, 0) is 43.7 Å². The SMILES string of the molecule is O=C(CC1CC2(CCN(C(=O)C3CCCC3)CC2)Oc2ccccc21)NC1CC1. The maximum absolute atomic E-state index is 12.8. The zero-order valence-electron chi connectivity index (χ0n) is 17.2. The first kappa shape index (κ1) is 19.0. The number of carbonyl (C=O) groups is 2. The molecule has 1 saturated heterocycles. The second-order valence-corrected chi connectivity index (χ2v) is 9.58. The predicted octanol–water partition coefficient (Wildman–Crippen LogP) is 3.77. The smallest absolute Gasteiger partial charge is 0.225 e. The minimum atomic E-state index is -0.245. The van der Waals surface area contributed by atoms with Gasteiger partial charge in [-0.2, -0.15) is 0 Å². The van der Waals surface area contributed by atoms with Gasteiger partial charge in [0.1, 0.15) is 11.4 Å². The van der Waals surface area contributed by atoms with Crippen LogP contribution in [-0.2, 0) is 9.59 Å². The zero-order chi connectivity index (χ0) is 19.8. The molecule has 1 unspecified atom stereocenters. The summed E-state index contributed by atoms with van der Waals surface area (Å²) in [4.78, 5) is 27.4. The summed E-state index contributed by atoms with van der Waals surface area (Å²) in [5, 5.41) is 3.14. The van der Waals surface area contributed by atoms with E-state index in [0.717, 1.165) is 69.3 Å². The summed E-state index contributed by atoms with van der Waals surface area (Å²) in [5.74, 6) is 1.89. The molecule has 2 heterocycles. The maximum atomic E-state index is 12.8. The van der Waals surface area contributed by atoms with Crippen LogP contribution in [0.25, 0.3) is 0 Å². The third-order valence-corrected chi connectivity index (χ3v) is 7.37. The lowest BCUT2D eigenvalue weighted by Gasteiger charge is -2.47. The molecule has 4 aliphatic rings. The lowest BCUT2D eigenvalue weighted by Crippen LogP contribution is -2.52. The Bertz CT molecular complexity index is 774. The quantitative estimate of drug-likeness (QED) is 0.843. The van der Waals surface area contributed by atoms with Crippen LogP contribution in [-0.4, -0.2) is 41.4 Å². The number of para-hydroxylation sites is 1. The van der Waals surface area contributed by atoms with E-state index in [-0.39, 0.29) is 23.3 Å². The minimum absolute atomic E-state index is 0.165. The summed E-state index contributed by atoms with van der Waals surface area (Å²) in [7, 11) is 0. The van der Waals surface area contributed by atoms with Crippen LogP contribution in [0.2, 0.25) is 0 Å². The van der Waals surface area contributed by atoms with Gasteiger partial charge in [-0.1, -0.05) is 31.0 Å². The summed E-state index contributed by atoms with van der Waals surface area (Å²) >= 11 is 0. The fourth-order valence-corrected chi connectivity index (χ4v) is 5.54. The fraction of sp³-hybridized carbons (Fsp3) is 0.667. The van der Waals surface area contributed by atoms with Crippen LogP contribution in [0.3, 0.4) is 0 Å². The van der Waals surface area contributed by atoms with Gasteiger partial charge in [-0.25, -0.2) is 0 Å². The van der Waals surface area contributed by atoms with Crippen LogP contribution in [0.1, 0.15) is 75.7 Å². The molecule has 1 aromatic carbocycles. The molecule has 0 radical (unpaired) electrons. The van der Waals surface area contributed by atoms with Crippen molar-refractivity contribution >= 4 is 11.8 Å². The molecule has 5 rings (SSSR count). The molecule has 156 valence electrons. The molecular formula is C24H32N2O3. The van der Waals surface area contributed by atoms with Crippen molar-refractivity contribution in [2.45, 2.75) is 81.8 Å². The first-order valence-electron chi connectivity index (χ1n) is 11.5. The normalized spacial score (nSPS) is 26.1. The highest BCUT2D eigenvalue weighted by atomic mass is 16.5. The first-order chi connectivity index (χ1) is 14.1. The number of ether oxygens (including phenoxy) is 1. The van der Waals surface area contributed by atoms with E-state index >= 15 is 0 Å². The summed E-state index contributed by atoms with van der Waals surface area (Å²) < 4.78 is 6.55. The Kier molecular flexibility index (Phi) is 5.00. The average Bonchev–Trinajstić information content (AvgIpc) is 3.36. The molecule has 2 aliphatic heterocycles. The molecule has 3 fully saturated rings. The molecule has 2 saturated carbocycles. The van der Waals surface area contributed by atoms with E-state index in [4.69, 9.17) is 4.74 Å². The van der Waals surface area contributed by atoms with Gasteiger partial charge in [0.05, 0.1) is 0 Å². The largest absolute Gasteiger partial charge is 0.487 e. The number of hydrogen-bond donors (Lipinski definition) is 1. The van der Waals surface area contributed by atoms with Gasteiger partial charge in [-0.15, -0.1) is 0 Å². The third kappa shape index (κ3) is 4.01. The second kappa shape index (κ2) is 7.66. The molecule has 5 nitrogen and oxygen atoms in total. The summed E-state index contributed by atoms with van der Waals surface area (Å²) in [5.41, 5.74) is 0.916. The number of fused-ring (bicyclic) bond motifs is 1. The van der Waals surface area contributed by atoms with Crippen LogP contribution in [0, 0.1) is 5.92 Å². The van der Waals surface area contributed by atoms with Crippen molar-refractivity contribution < 1.29 is 14.3 Å². The molecule has 1 aromatic rings. The molecule has 29 heavy (non-hydrogen) atoms. The van der Waals surface area contributed by atoms with Crippen molar-refractivity contribution in [3.05, 3.63) is 29.8 Å². The van der Waals surface area contributed by atoms with E-state index in [9.17, 15) is 9.59 Å². The van der Waals surface area contributed by atoms with E-state index in [1.54, 1.807) is 0 Å². The van der Waals surface area contributed by atoms with Crippen LogP contribution in [0.15, 0.2) is 24.3 Å². The van der Waals surface area contributed by atoms with Crippen molar-refractivity contribution in [1.82, 2.24) is 10.2 Å². The summed E-state index contributed by atoms with van der Waals surface area (Å²) in [6.07, 6.45) is 9.86. The van der Waals surface area contributed by atoms with Gasteiger partial charge < -0.3 is 15.0 Å². The van der Waals surface area contributed by atoms with Crippen molar-refractivity contribution in [2.24, 2.45) is 5.92 Å². The van der Waals surface area contributed by atoms with Gasteiger partial charge in [-0.3, -0.25) is 9.59 Å². The van der Waals surface area contributed by atoms with Gasteiger partial charge in [0, 0.05) is 50.2 Å². The monoisotopic (exact) mass is 396 g/mol. The molecule has 1 atom stereocenters. The van der Waals surface area contributed by atoms with Crippen molar-refractivity contribution in [1.29, 1.82) is 0 Å². The topological polar surface area (TPSA) is 58.6 Å². The summed E-state index contributed by atoms with van der Waals surface area (Å²) in [6.45, 7) is 1.55. The zero-order valence-corrected chi connectivity index (χ0v) is 17.2. The number of rotatable bonds is 4. The number of benzene rings is 1. The van der Waals surface area contributed by atoms with E-state index in [1.807, 2.05) is 18.2 Å². The van der Waals surface area contributed by atoms with E-state index < -0.39 is 0 Å². The Labute approximate surface area is 173 Å². The molecule has 2 amide bonds. The number of likely N-dealkylation sites (tertiary alicyclic amines) is 1. The number of carbonyl (C=O) groups excluding carboxylic acids is 2. The average molecular weight is 397 g/mol. The van der Waals surface area contributed by atoms with Gasteiger partial charge in [0.2, 0.25) is 11.8 Å². The molecule has 1 spiro atoms. The molecule has 2 aliphatic carbocycles. The molecular weight excluding hydrogens is 364 g/mol. The van der Waals surface area contributed by atoms with Crippen molar-refractivity contribution in [3.63, 3.8) is 0 Å². The maximum Gasteiger partial charge on any atom is 0.225 e. The highest BCUT2D eigenvalue weighted by molar-refractivity contribution is 5.79. The first-order valence-corrected chi connectivity index (χ1v) is 11.5. The van der Waals surface area contributed by atoms with E-state index in [1.165, 1.54) is 12.8 Å².